The van der Waals surface area contributed by atoms with Crippen molar-refractivity contribution < 1.29 is 9.52 Å². The van der Waals surface area contributed by atoms with E-state index in [9.17, 15) is 5.11 Å². The van der Waals surface area contributed by atoms with Crippen LogP contribution < -0.4 is 10.2 Å². The highest BCUT2D eigenvalue weighted by atomic mass is 35.5. The lowest BCUT2D eigenvalue weighted by atomic mass is 10.0. The Morgan fingerprint density at radius 1 is 0.969 bits per heavy atom. The van der Waals surface area contributed by atoms with Gasteiger partial charge in [0, 0.05) is 11.8 Å². The quantitative estimate of drug-likeness (QED) is 0.323. The molecule has 0 amide bonds. The second-order valence-electron chi connectivity index (χ2n) is 7.32. The third-order valence-electron chi connectivity index (χ3n) is 5.36. The molecule has 2 aromatic carbocycles. The Labute approximate surface area is 200 Å². The smallest absolute Gasteiger partial charge is 0.174 e. The fourth-order valence-corrected chi connectivity index (χ4v) is 4.52. The van der Waals surface area contributed by atoms with Gasteiger partial charge in [-0.1, -0.05) is 41.4 Å². The first-order valence-electron chi connectivity index (χ1n) is 9.87. The highest BCUT2D eigenvalue weighted by Gasteiger charge is 2.43. The first kappa shape index (κ1) is 20.8. The molecule has 1 saturated heterocycles. The molecule has 32 heavy (non-hydrogen) atoms. The summed E-state index contributed by atoms with van der Waals surface area (Å²) in [5, 5.41) is 15.3. The molecule has 0 unspecified atom stereocenters. The van der Waals surface area contributed by atoms with Crippen molar-refractivity contribution in [2.45, 2.75) is 12.1 Å². The van der Waals surface area contributed by atoms with Gasteiger partial charge < -0.3 is 19.7 Å². The Kier molecular flexibility index (Phi) is 5.51. The van der Waals surface area contributed by atoms with E-state index in [1.54, 1.807) is 30.5 Å². The molecule has 3 heterocycles. The summed E-state index contributed by atoms with van der Waals surface area (Å²) >= 11 is 17.9. The van der Waals surface area contributed by atoms with E-state index in [0.29, 0.717) is 32.4 Å². The van der Waals surface area contributed by atoms with Crippen LogP contribution in [0.5, 0.6) is 5.75 Å². The standard InChI is InChI=1S/C24H17Cl2N3O2S/c25-15-9-8-14(13-16(15)26)20-10-11-21(31-20)23-22(17-5-3-4-12-27-17)28-24(32)29(23)18-6-1-2-7-19(18)30/h1-13,22-23,30H,(H,28,32)/t22-,23-/m1/s1. The number of anilines is 1. The molecule has 1 fully saturated rings. The monoisotopic (exact) mass is 481 g/mol. The van der Waals surface area contributed by atoms with E-state index in [1.807, 2.05) is 53.4 Å². The zero-order chi connectivity index (χ0) is 22.2. The van der Waals surface area contributed by atoms with Crippen molar-refractivity contribution in [1.29, 1.82) is 0 Å². The average Bonchev–Trinajstić information content (AvgIpc) is 3.41. The number of pyridine rings is 1. The third kappa shape index (κ3) is 3.71. The third-order valence-corrected chi connectivity index (χ3v) is 6.42. The molecule has 5 nitrogen and oxygen atoms in total. The van der Waals surface area contributed by atoms with Crippen LogP contribution in [0.25, 0.3) is 11.3 Å². The van der Waals surface area contributed by atoms with Crippen molar-refractivity contribution in [3.8, 4) is 17.1 Å². The predicted octanol–water partition coefficient (Wildman–Crippen LogP) is 6.53. The van der Waals surface area contributed by atoms with Crippen LogP contribution in [-0.4, -0.2) is 15.2 Å². The van der Waals surface area contributed by atoms with Gasteiger partial charge >= 0.3 is 0 Å². The molecule has 0 radical (unpaired) electrons. The van der Waals surface area contributed by atoms with E-state index in [-0.39, 0.29) is 17.8 Å². The number of nitrogens with zero attached hydrogens (tertiary/aromatic N) is 2. The number of aromatic hydroxyl groups is 1. The van der Waals surface area contributed by atoms with Crippen LogP contribution in [0.3, 0.4) is 0 Å². The zero-order valence-electron chi connectivity index (χ0n) is 16.6. The summed E-state index contributed by atoms with van der Waals surface area (Å²) in [6, 6.07) is 21.3. The first-order chi connectivity index (χ1) is 15.5. The Morgan fingerprint density at radius 3 is 2.53 bits per heavy atom. The van der Waals surface area contributed by atoms with Gasteiger partial charge in [0.15, 0.2) is 5.11 Å². The fraction of sp³-hybridized carbons (Fsp3) is 0.0833. The summed E-state index contributed by atoms with van der Waals surface area (Å²) in [7, 11) is 0. The van der Waals surface area contributed by atoms with Gasteiger partial charge in [-0.2, -0.15) is 0 Å². The van der Waals surface area contributed by atoms with Gasteiger partial charge in [-0.3, -0.25) is 4.98 Å². The molecule has 8 heteroatoms. The summed E-state index contributed by atoms with van der Waals surface area (Å²) in [5.41, 5.74) is 2.20. The van der Waals surface area contributed by atoms with E-state index >= 15 is 0 Å². The molecule has 0 aliphatic carbocycles. The van der Waals surface area contributed by atoms with Gasteiger partial charge in [-0.05, 0) is 66.8 Å². The van der Waals surface area contributed by atoms with Gasteiger partial charge in [-0.25, -0.2) is 0 Å². The van der Waals surface area contributed by atoms with Gasteiger partial charge in [0.2, 0.25) is 0 Å². The number of phenols is 1. The SMILES string of the molecule is Oc1ccccc1N1C(=S)N[C@H](c2ccccn2)[C@H]1c1ccc(-c2ccc(Cl)c(Cl)c2)o1. The number of thiocarbonyl (C=S) groups is 1. The molecule has 0 spiro atoms. The number of halogens is 2. The van der Waals surface area contributed by atoms with Crippen LogP contribution in [-0.2, 0) is 0 Å². The number of furan rings is 1. The van der Waals surface area contributed by atoms with E-state index in [0.717, 1.165) is 11.3 Å². The number of rotatable bonds is 4. The second kappa shape index (κ2) is 8.47. The summed E-state index contributed by atoms with van der Waals surface area (Å²) < 4.78 is 6.29. The van der Waals surface area contributed by atoms with E-state index in [1.165, 1.54) is 0 Å². The molecule has 5 rings (SSSR count). The first-order valence-corrected chi connectivity index (χ1v) is 11.0. The molecule has 160 valence electrons. The molecule has 2 N–H and O–H groups in total. The van der Waals surface area contributed by atoms with Crippen LogP contribution in [0, 0.1) is 0 Å². The van der Waals surface area contributed by atoms with Crippen LogP contribution in [0.2, 0.25) is 10.0 Å². The Bertz CT molecular complexity index is 1300. The summed E-state index contributed by atoms with van der Waals surface area (Å²) in [6.07, 6.45) is 1.74. The van der Waals surface area contributed by atoms with E-state index < -0.39 is 0 Å². The number of hydrogen-bond donors (Lipinski definition) is 2. The average molecular weight is 482 g/mol. The van der Waals surface area contributed by atoms with E-state index in [2.05, 4.69) is 10.3 Å². The minimum Gasteiger partial charge on any atom is -0.506 e. The minimum atomic E-state index is -0.373. The number of hydrogen-bond acceptors (Lipinski definition) is 4. The molecule has 1 aliphatic heterocycles. The molecule has 4 aromatic rings. The number of aromatic nitrogens is 1. The maximum atomic E-state index is 10.5. The van der Waals surface area contributed by atoms with Crippen LogP contribution in [0.4, 0.5) is 5.69 Å². The summed E-state index contributed by atoms with van der Waals surface area (Å²) in [6.45, 7) is 0. The van der Waals surface area contributed by atoms with Crippen molar-refractivity contribution >= 4 is 46.2 Å². The van der Waals surface area contributed by atoms with Crippen molar-refractivity contribution in [3.63, 3.8) is 0 Å². The Balaban J connectivity index is 1.61. The van der Waals surface area contributed by atoms with Crippen LogP contribution in [0.1, 0.15) is 23.5 Å². The van der Waals surface area contributed by atoms with Gasteiger partial charge in [0.25, 0.3) is 0 Å². The summed E-state index contributed by atoms with van der Waals surface area (Å²) in [5.74, 6) is 1.44. The van der Waals surface area contributed by atoms with E-state index in [4.69, 9.17) is 39.8 Å². The highest BCUT2D eigenvalue weighted by molar-refractivity contribution is 7.80. The largest absolute Gasteiger partial charge is 0.506 e. The lowest BCUT2D eigenvalue weighted by Crippen LogP contribution is -2.29. The molecule has 0 saturated carbocycles. The lowest BCUT2D eigenvalue weighted by molar-refractivity contribution is 0.434. The Morgan fingerprint density at radius 2 is 1.78 bits per heavy atom. The molecule has 0 bridgehead atoms. The number of nitrogens with one attached hydrogen (secondary N) is 1. The molecule has 2 atom stereocenters. The number of phenolic OH excluding ortho intramolecular Hbond substituents is 1. The number of benzene rings is 2. The van der Waals surface area contributed by atoms with Gasteiger partial charge in [0.1, 0.15) is 23.3 Å². The topological polar surface area (TPSA) is 61.5 Å². The highest BCUT2D eigenvalue weighted by Crippen LogP contribution is 2.45. The second-order valence-corrected chi connectivity index (χ2v) is 8.52. The maximum Gasteiger partial charge on any atom is 0.174 e. The number of para-hydroxylation sites is 2. The minimum absolute atomic E-state index is 0.125. The van der Waals surface area contributed by atoms with Gasteiger partial charge in [0.05, 0.1) is 27.5 Å². The lowest BCUT2D eigenvalue weighted by Gasteiger charge is -2.26. The maximum absolute atomic E-state index is 10.5. The zero-order valence-corrected chi connectivity index (χ0v) is 18.9. The Hall–Kier alpha value is -3.06. The molecule has 2 aromatic heterocycles. The fourth-order valence-electron chi connectivity index (χ4n) is 3.89. The predicted molar refractivity (Wildman–Crippen MR) is 130 cm³/mol. The molecular formula is C24H17Cl2N3O2S. The molecular weight excluding hydrogens is 465 g/mol. The molecule has 1 aliphatic rings. The van der Waals surface area contributed by atoms with Crippen LogP contribution in [0.15, 0.2) is 83.4 Å². The van der Waals surface area contributed by atoms with Crippen LogP contribution >= 0.6 is 35.4 Å². The van der Waals surface area contributed by atoms with Crippen molar-refractivity contribution in [3.05, 3.63) is 100 Å². The summed E-state index contributed by atoms with van der Waals surface area (Å²) in [4.78, 5) is 6.39. The van der Waals surface area contributed by atoms with Crippen molar-refractivity contribution in [2.24, 2.45) is 0 Å². The normalized spacial score (nSPS) is 18.1. The van der Waals surface area contributed by atoms with Gasteiger partial charge in [-0.15, -0.1) is 0 Å². The van der Waals surface area contributed by atoms with Crippen molar-refractivity contribution in [1.82, 2.24) is 10.3 Å². The van der Waals surface area contributed by atoms with Crippen molar-refractivity contribution in [2.75, 3.05) is 4.90 Å².